The Labute approximate surface area is 67.5 Å². The molecule has 0 aliphatic carbocycles. The summed E-state index contributed by atoms with van der Waals surface area (Å²) in [7, 11) is -4.67. The van der Waals surface area contributed by atoms with Gasteiger partial charge < -0.3 is 0 Å². The van der Waals surface area contributed by atoms with Gasteiger partial charge in [-0.2, -0.15) is 8.42 Å². The quantitative estimate of drug-likeness (QED) is 0.409. The Balaban J connectivity index is 0.0000001000. The van der Waals surface area contributed by atoms with Gasteiger partial charge in [0.2, 0.25) is 0 Å². The molecule has 0 aromatic rings. The minimum atomic E-state index is -4.67. The Bertz CT molecular complexity index is 177. The van der Waals surface area contributed by atoms with E-state index in [1.807, 2.05) is 0 Å². The first kappa shape index (κ1) is 8.96. The molecule has 0 unspecified atom stereocenters. The minimum absolute atomic E-state index is 1.31. The van der Waals surface area contributed by atoms with Crippen LogP contribution in [0.4, 0.5) is 0 Å². The van der Waals surface area contributed by atoms with E-state index < -0.39 is 41.8 Å². The van der Waals surface area contributed by atoms with Gasteiger partial charge >= 0.3 is 49.9 Å². The van der Waals surface area contributed by atoms with Gasteiger partial charge in [-0.3, -0.25) is 9.11 Å². The first-order valence-electron chi connectivity index (χ1n) is 1.79. The molecular weight excluding hydrogens is 294 g/mol. The first-order valence-corrected chi connectivity index (χ1v) is 7.79. The van der Waals surface area contributed by atoms with E-state index in [0.29, 0.717) is 0 Å². The number of hydrogen-bond donors (Lipinski definition) is 2. The van der Waals surface area contributed by atoms with Crippen LogP contribution in [0.5, 0.6) is 0 Å². The third-order valence-electron chi connectivity index (χ3n) is 0.400. The fraction of sp³-hybridized carbons (Fsp3) is 0. The summed E-state index contributed by atoms with van der Waals surface area (Å²) in [4.78, 5) is 0. The maximum atomic E-state index is 8.74. The second-order valence-corrected chi connectivity index (χ2v) is 10.3. The number of rotatable bonds is 0. The number of hydrogen-bond acceptors (Lipinski definition) is 5. The van der Waals surface area contributed by atoms with Crippen molar-refractivity contribution >= 4 is 41.8 Å². The molecule has 0 aromatic carbocycles. The summed E-state index contributed by atoms with van der Waals surface area (Å²) < 4.78 is 46.2. The maximum absolute atomic E-state index is 8.74. The Morgan fingerprint density at radius 2 is 1.10 bits per heavy atom. The van der Waals surface area contributed by atoms with Crippen molar-refractivity contribution in [2.75, 3.05) is 0 Å². The Morgan fingerprint density at radius 3 is 1.10 bits per heavy atom. The molecule has 3 fully saturated rings. The van der Waals surface area contributed by atoms with Crippen LogP contribution in [0.1, 0.15) is 0 Å². The molecule has 3 rings (SSSR count). The van der Waals surface area contributed by atoms with Gasteiger partial charge in [0, 0.05) is 0 Å². The van der Waals surface area contributed by atoms with Crippen molar-refractivity contribution in [1.82, 2.24) is 0 Å². The summed E-state index contributed by atoms with van der Waals surface area (Å²) in [6.45, 7) is 0. The average molecular weight is 296 g/mol. The van der Waals surface area contributed by atoms with E-state index in [2.05, 4.69) is 0 Å². The molecule has 3 heterocycles. The summed E-state index contributed by atoms with van der Waals surface area (Å²) in [5.41, 5.74) is 0. The molecule has 2 N–H and O–H groups in total. The van der Waals surface area contributed by atoms with Crippen molar-refractivity contribution in [2.24, 2.45) is 0 Å². The second kappa shape index (κ2) is 3.08. The predicted octanol–water partition coefficient (Wildman–Crippen LogP) is -1.62. The topological polar surface area (TPSA) is 102 Å². The van der Waals surface area contributed by atoms with Crippen LogP contribution in [0.3, 0.4) is 0 Å². The fourth-order valence-corrected chi connectivity index (χ4v) is 4.90. The molecule has 7 nitrogen and oxygen atoms in total. The van der Waals surface area contributed by atoms with Crippen molar-refractivity contribution in [2.45, 2.75) is 0 Å². The smallest absolute Gasteiger partial charge is 0.264 e. The van der Waals surface area contributed by atoms with E-state index in [0.717, 1.165) is 0 Å². The third-order valence-corrected chi connectivity index (χ3v) is 10.8. The first-order chi connectivity index (χ1) is 4.45. The summed E-state index contributed by atoms with van der Waals surface area (Å²) in [5.74, 6) is 0. The standard InChI is InChI=1S/As2O3.H2O4S/c3-1-4-2(3)5-1;1-5(2,3)4/h;(H2,1,2,3,4). The van der Waals surface area contributed by atoms with E-state index in [9.17, 15) is 0 Å². The van der Waals surface area contributed by atoms with Crippen LogP contribution in [0.2, 0.25) is 0 Å². The molecule has 0 amide bonds. The molecule has 10 heavy (non-hydrogen) atoms. The summed E-state index contributed by atoms with van der Waals surface area (Å²) in [6.07, 6.45) is 0. The van der Waals surface area contributed by atoms with Gasteiger partial charge in [0.1, 0.15) is 0 Å². The molecule has 10 heteroatoms. The molecule has 0 aromatic heterocycles. The van der Waals surface area contributed by atoms with E-state index in [1.54, 1.807) is 0 Å². The van der Waals surface area contributed by atoms with E-state index >= 15 is 0 Å². The van der Waals surface area contributed by atoms with Crippen LogP contribution in [0, 0.1) is 0 Å². The van der Waals surface area contributed by atoms with Gasteiger partial charge in [0.25, 0.3) is 0 Å². The maximum Gasteiger partial charge on any atom is 0.394 e. The zero-order valence-corrected chi connectivity index (χ0v) is 8.81. The van der Waals surface area contributed by atoms with Crippen molar-refractivity contribution in [3.63, 3.8) is 0 Å². The molecule has 0 atom stereocenters. The van der Waals surface area contributed by atoms with Gasteiger partial charge in [-0.1, -0.05) is 0 Å². The molecule has 3 saturated heterocycles. The van der Waals surface area contributed by atoms with Gasteiger partial charge in [-0.15, -0.1) is 0 Å². The molecule has 2 bridgehead atoms. The second-order valence-electron chi connectivity index (χ2n) is 1.14. The fourth-order valence-electron chi connectivity index (χ4n) is 0.182. The van der Waals surface area contributed by atoms with Crippen LogP contribution in [0.25, 0.3) is 0 Å². The Kier molecular flexibility index (Phi) is 2.76. The van der Waals surface area contributed by atoms with Crippen LogP contribution < -0.4 is 0 Å². The summed E-state index contributed by atoms with van der Waals surface area (Å²) in [5, 5.41) is 0. The zero-order valence-electron chi connectivity index (χ0n) is 4.24. The van der Waals surface area contributed by atoms with Crippen LogP contribution >= 0.6 is 0 Å². The van der Waals surface area contributed by atoms with Crippen LogP contribution in [-0.4, -0.2) is 48.9 Å². The van der Waals surface area contributed by atoms with Crippen molar-refractivity contribution in [1.29, 1.82) is 0 Å². The average Bonchev–Trinajstić information content (AvgIpc) is 1.04. The minimum Gasteiger partial charge on any atom is -0.264 e. The van der Waals surface area contributed by atoms with Crippen molar-refractivity contribution < 1.29 is 25.7 Å². The Morgan fingerprint density at radius 1 is 1.00 bits per heavy atom. The Hall–Kier alpha value is 0.867. The predicted molar refractivity (Wildman–Crippen MR) is 28.9 cm³/mol. The van der Waals surface area contributed by atoms with Crippen molar-refractivity contribution in [3.05, 3.63) is 0 Å². The van der Waals surface area contributed by atoms with E-state index in [4.69, 9.17) is 25.7 Å². The zero-order chi connectivity index (χ0) is 7.78. The van der Waals surface area contributed by atoms with Crippen LogP contribution in [0.15, 0.2) is 0 Å². The largest absolute Gasteiger partial charge is 0.394 e. The monoisotopic (exact) mass is 296 g/mol. The van der Waals surface area contributed by atoms with Gasteiger partial charge in [0.05, 0.1) is 0 Å². The van der Waals surface area contributed by atoms with E-state index in [-0.39, 0.29) is 0 Å². The van der Waals surface area contributed by atoms with Crippen molar-refractivity contribution in [3.8, 4) is 0 Å². The normalized spacial score (nSPS) is 34.6. The van der Waals surface area contributed by atoms with Crippen LogP contribution in [-0.2, 0) is 18.5 Å². The molecule has 3 aliphatic heterocycles. The molecular formula is H2As2O7S. The molecule has 0 radical (unpaired) electrons. The third kappa shape index (κ3) is 3.31. The summed E-state index contributed by atoms with van der Waals surface area (Å²) >= 11 is -2.62. The molecule has 0 spiro atoms. The van der Waals surface area contributed by atoms with Gasteiger partial charge in [-0.25, -0.2) is 0 Å². The van der Waals surface area contributed by atoms with Gasteiger partial charge in [0.15, 0.2) is 0 Å². The SMILES string of the molecule is O1[As]2O[As]1O2.O=S(=O)(O)O. The van der Waals surface area contributed by atoms with E-state index in [1.165, 1.54) is 0 Å². The van der Waals surface area contributed by atoms with Gasteiger partial charge in [-0.05, 0) is 0 Å². The summed E-state index contributed by atoms with van der Waals surface area (Å²) in [6, 6.07) is 0. The molecule has 0 saturated carbocycles. The molecule has 3 aliphatic rings. The molecule has 60 valence electrons.